The van der Waals surface area contributed by atoms with Crippen LogP contribution >= 0.6 is 11.6 Å². The maximum Gasteiger partial charge on any atom is 0.253 e. The fourth-order valence-electron chi connectivity index (χ4n) is 4.25. The molecule has 0 aliphatic heterocycles. The third-order valence-corrected chi connectivity index (χ3v) is 6.65. The van der Waals surface area contributed by atoms with Gasteiger partial charge in [-0.2, -0.15) is 0 Å². The number of carbonyl (C=O) groups excluding carboxylic acids is 3. The highest BCUT2D eigenvalue weighted by Gasteiger charge is 2.24. The fraction of sp³-hybridized carbons (Fsp3) is 0.500. The monoisotopic (exact) mass is 558 g/mol. The molecule has 0 aromatic heterocycles. The van der Waals surface area contributed by atoms with Gasteiger partial charge in [-0.05, 0) is 74.0 Å². The van der Waals surface area contributed by atoms with Crippen molar-refractivity contribution in [3.8, 4) is 0 Å². The summed E-state index contributed by atoms with van der Waals surface area (Å²) in [6.45, 7) is 10.4. The average Bonchev–Trinajstić information content (AvgIpc) is 2.90. The molecule has 0 radical (unpaired) electrons. The second-order valence-electron chi connectivity index (χ2n) is 10.3. The van der Waals surface area contributed by atoms with Crippen molar-refractivity contribution in [2.45, 2.75) is 65.5 Å². The Morgan fingerprint density at radius 3 is 2.13 bits per heavy atom. The van der Waals surface area contributed by atoms with Crippen molar-refractivity contribution < 1.29 is 19.5 Å². The van der Waals surface area contributed by atoms with Crippen molar-refractivity contribution >= 4 is 29.3 Å². The van der Waals surface area contributed by atoms with Gasteiger partial charge in [0, 0.05) is 41.3 Å². The molecule has 2 rings (SSSR count). The summed E-state index contributed by atoms with van der Waals surface area (Å²) in [4.78, 5) is 40.5. The number of carbonyl (C=O) groups is 3. The molecule has 0 fully saturated rings. The molecule has 39 heavy (non-hydrogen) atoms. The predicted molar refractivity (Wildman–Crippen MR) is 156 cm³/mol. The number of hydrogen-bond donors (Lipinski definition) is 4. The van der Waals surface area contributed by atoms with Crippen LogP contribution < -0.4 is 16.4 Å². The second-order valence-corrected chi connectivity index (χ2v) is 10.8. The Balaban J connectivity index is 2.32. The van der Waals surface area contributed by atoms with E-state index in [9.17, 15) is 19.5 Å². The van der Waals surface area contributed by atoms with Crippen molar-refractivity contribution in [2.75, 3.05) is 26.2 Å². The molecule has 3 amide bonds. The van der Waals surface area contributed by atoms with E-state index >= 15 is 0 Å². The Kier molecular flexibility index (Phi) is 13.4. The molecular weight excluding hydrogens is 516 g/mol. The molecule has 8 nitrogen and oxygen atoms in total. The van der Waals surface area contributed by atoms with Gasteiger partial charge in [-0.25, -0.2) is 0 Å². The minimum atomic E-state index is -0.887. The fourth-order valence-corrected chi connectivity index (χ4v) is 4.38. The lowest BCUT2D eigenvalue weighted by molar-refractivity contribution is 0.0755. The molecule has 2 aromatic rings. The third kappa shape index (κ3) is 10.6. The predicted octanol–water partition coefficient (Wildman–Crippen LogP) is 4.04. The van der Waals surface area contributed by atoms with Crippen molar-refractivity contribution in [1.82, 2.24) is 15.5 Å². The topological polar surface area (TPSA) is 125 Å². The van der Waals surface area contributed by atoms with Gasteiger partial charge >= 0.3 is 0 Å². The van der Waals surface area contributed by atoms with Crippen molar-refractivity contribution in [1.29, 1.82) is 0 Å². The quantitative estimate of drug-likeness (QED) is 0.231. The van der Waals surface area contributed by atoms with Gasteiger partial charge in [0.2, 0.25) is 5.91 Å². The molecule has 214 valence electrons. The first-order chi connectivity index (χ1) is 18.5. The van der Waals surface area contributed by atoms with Crippen molar-refractivity contribution in [2.24, 2.45) is 11.7 Å². The lowest BCUT2D eigenvalue weighted by atomic mass is 9.99. The molecule has 0 aliphatic rings. The van der Waals surface area contributed by atoms with E-state index in [-0.39, 0.29) is 22.6 Å². The Hall–Kier alpha value is -2.94. The standard InChI is InChI=1S/C30H43ClN4O4/c1-5-13-35(14-6-2)30(39)24-17-22(28(32)37)16-23(18-24)29(38)34-26(15-21-7-9-25(31)10-8-21)27(36)19-33-12-11-20(3)4/h7-10,16-18,20,26-27,33,36H,5-6,11-15,19H2,1-4H3,(H2,32,37)(H,34,38)/t26-,27+/m0/s1. The van der Waals surface area contributed by atoms with Gasteiger partial charge in [0.1, 0.15) is 0 Å². The van der Waals surface area contributed by atoms with Gasteiger partial charge in [-0.3, -0.25) is 14.4 Å². The number of nitrogens with one attached hydrogen (secondary N) is 2. The SMILES string of the molecule is CCCN(CCC)C(=O)c1cc(C(N)=O)cc(C(=O)N[C@@H](Cc2ccc(Cl)cc2)[C@H](O)CNCCC(C)C)c1. The number of aliphatic hydroxyl groups excluding tert-OH is 1. The van der Waals surface area contributed by atoms with Gasteiger partial charge in [-0.15, -0.1) is 0 Å². The van der Waals surface area contributed by atoms with Crippen molar-refractivity contribution in [3.05, 3.63) is 69.7 Å². The number of benzene rings is 2. The van der Waals surface area contributed by atoms with Crippen LogP contribution in [0.25, 0.3) is 0 Å². The molecule has 0 bridgehead atoms. The Labute approximate surface area is 237 Å². The summed E-state index contributed by atoms with van der Waals surface area (Å²) in [6.07, 6.45) is 2.00. The zero-order valence-corrected chi connectivity index (χ0v) is 24.3. The van der Waals surface area contributed by atoms with Crippen LogP contribution in [0.2, 0.25) is 5.02 Å². The molecule has 0 saturated carbocycles. The summed E-state index contributed by atoms with van der Waals surface area (Å²) in [5.74, 6) is -0.976. The van der Waals surface area contributed by atoms with E-state index in [0.717, 1.165) is 31.4 Å². The van der Waals surface area contributed by atoms with Crippen LogP contribution in [0.3, 0.4) is 0 Å². The maximum atomic E-state index is 13.5. The number of rotatable bonds is 16. The molecule has 9 heteroatoms. The molecule has 0 saturated heterocycles. The van der Waals surface area contributed by atoms with Crippen LogP contribution in [0.1, 0.15) is 83.6 Å². The van der Waals surface area contributed by atoms with Gasteiger partial charge in [0.05, 0.1) is 12.1 Å². The van der Waals surface area contributed by atoms with Crippen molar-refractivity contribution in [3.63, 3.8) is 0 Å². The molecule has 2 atom stereocenters. The summed E-state index contributed by atoms with van der Waals surface area (Å²) in [5, 5.41) is 17.8. The third-order valence-electron chi connectivity index (χ3n) is 6.40. The van der Waals surface area contributed by atoms with Crippen LogP contribution in [0.4, 0.5) is 0 Å². The first kappa shape index (κ1) is 32.3. The smallest absolute Gasteiger partial charge is 0.253 e. The first-order valence-corrected chi connectivity index (χ1v) is 14.1. The second kappa shape index (κ2) is 16.2. The van der Waals surface area contributed by atoms with E-state index in [1.807, 2.05) is 26.0 Å². The van der Waals surface area contributed by atoms with Crippen LogP contribution in [0, 0.1) is 5.92 Å². The van der Waals surface area contributed by atoms with Gasteiger partial charge < -0.3 is 26.4 Å². The molecular formula is C30H43ClN4O4. The number of halogens is 1. The van der Waals surface area contributed by atoms with Gasteiger partial charge in [0.25, 0.3) is 11.8 Å². The molecule has 5 N–H and O–H groups in total. The largest absolute Gasteiger partial charge is 0.390 e. The van der Waals surface area contributed by atoms with Gasteiger partial charge in [0.15, 0.2) is 0 Å². The molecule has 0 aliphatic carbocycles. The molecule has 0 unspecified atom stereocenters. The lowest BCUT2D eigenvalue weighted by Crippen LogP contribution is -2.49. The number of hydrogen-bond acceptors (Lipinski definition) is 5. The van der Waals surface area contributed by atoms with E-state index in [0.29, 0.717) is 37.0 Å². The Bertz CT molecular complexity index is 1080. The zero-order chi connectivity index (χ0) is 28.9. The minimum absolute atomic E-state index is 0.0732. The summed E-state index contributed by atoms with van der Waals surface area (Å²) in [5.41, 5.74) is 6.86. The highest BCUT2D eigenvalue weighted by Crippen LogP contribution is 2.16. The van der Waals surface area contributed by atoms with E-state index in [1.54, 1.807) is 17.0 Å². The van der Waals surface area contributed by atoms with E-state index in [2.05, 4.69) is 24.5 Å². The summed E-state index contributed by atoms with van der Waals surface area (Å²) >= 11 is 6.03. The number of primary amides is 1. The van der Waals surface area contributed by atoms with Gasteiger partial charge in [-0.1, -0.05) is 51.4 Å². The minimum Gasteiger partial charge on any atom is -0.390 e. The van der Waals surface area contributed by atoms with Crippen LogP contribution in [-0.4, -0.2) is 66.1 Å². The zero-order valence-electron chi connectivity index (χ0n) is 23.5. The lowest BCUT2D eigenvalue weighted by Gasteiger charge is -2.25. The first-order valence-electron chi connectivity index (χ1n) is 13.7. The van der Waals surface area contributed by atoms with E-state index in [1.165, 1.54) is 18.2 Å². The number of aliphatic hydroxyl groups is 1. The number of nitrogens with zero attached hydrogens (tertiary/aromatic N) is 1. The van der Waals surface area contributed by atoms with Crippen LogP contribution in [0.5, 0.6) is 0 Å². The molecule has 0 heterocycles. The summed E-state index contributed by atoms with van der Waals surface area (Å²) in [6, 6.07) is 10.9. The Morgan fingerprint density at radius 2 is 1.56 bits per heavy atom. The average molecular weight is 559 g/mol. The molecule has 2 aromatic carbocycles. The van der Waals surface area contributed by atoms with E-state index < -0.39 is 24.0 Å². The highest BCUT2D eigenvalue weighted by atomic mass is 35.5. The van der Waals surface area contributed by atoms with Crippen LogP contribution in [0.15, 0.2) is 42.5 Å². The number of nitrogens with two attached hydrogens (primary N) is 1. The summed E-state index contributed by atoms with van der Waals surface area (Å²) in [7, 11) is 0. The normalized spacial score (nSPS) is 12.7. The maximum absolute atomic E-state index is 13.5. The van der Waals surface area contributed by atoms with Crippen LogP contribution in [-0.2, 0) is 6.42 Å². The summed E-state index contributed by atoms with van der Waals surface area (Å²) < 4.78 is 0. The Morgan fingerprint density at radius 1 is 0.974 bits per heavy atom. The highest BCUT2D eigenvalue weighted by molar-refractivity contribution is 6.30. The number of amides is 3. The van der Waals surface area contributed by atoms with E-state index in [4.69, 9.17) is 17.3 Å². The molecule has 0 spiro atoms.